The van der Waals surface area contributed by atoms with Crippen molar-refractivity contribution in [2.75, 3.05) is 13.1 Å². The summed E-state index contributed by atoms with van der Waals surface area (Å²) in [5, 5.41) is 0. The van der Waals surface area contributed by atoms with Crippen molar-refractivity contribution in [1.82, 2.24) is 4.90 Å². The average molecular weight is 260 g/mol. The first-order valence-corrected chi connectivity index (χ1v) is 7.10. The molecule has 1 aromatic rings. The largest absolute Gasteiger partial charge is 0.339 e. The van der Waals surface area contributed by atoms with Crippen LogP contribution in [0, 0.1) is 12.8 Å². The Hall–Kier alpha value is -1.35. The summed E-state index contributed by atoms with van der Waals surface area (Å²) < 4.78 is 0. The number of amides is 1. The van der Waals surface area contributed by atoms with E-state index in [1.165, 1.54) is 11.1 Å². The van der Waals surface area contributed by atoms with Crippen LogP contribution in [0.3, 0.4) is 0 Å². The average Bonchev–Trinajstić information content (AvgIpc) is 2.79. The van der Waals surface area contributed by atoms with Gasteiger partial charge in [-0.25, -0.2) is 0 Å². The zero-order chi connectivity index (χ0) is 14.0. The van der Waals surface area contributed by atoms with E-state index in [9.17, 15) is 4.79 Å². The molecule has 0 saturated carbocycles. The normalized spacial score (nSPS) is 24.5. The summed E-state index contributed by atoms with van der Waals surface area (Å²) in [6.07, 6.45) is 1.05. The Morgan fingerprint density at radius 3 is 2.79 bits per heavy atom. The molecule has 3 unspecified atom stereocenters. The molecule has 0 aliphatic carbocycles. The first kappa shape index (κ1) is 14.1. The summed E-state index contributed by atoms with van der Waals surface area (Å²) in [7, 11) is 0. The first-order valence-electron chi connectivity index (χ1n) is 7.10. The van der Waals surface area contributed by atoms with Crippen LogP contribution in [0.4, 0.5) is 0 Å². The van der Waals surface area contributed by atoms with E-state index in [1.54, 1.807) is 0 Å². The molecule has 1 heterocycles. The molecular weight excluding hydrogens is 236 g/mol. The Kier molecular flexibility index (Phi) is 4.25. The SMILES string of the molecule is Cc1ccccc1C1CC(C)N(C(=O)C(C)CN)C1. The number of carbonyl (C=O) groups is 1. The van der Waals surface area contributed by atoms with Crippen LogP contribution in [0.1, 0.15) is 37.3 Å². The number of rotatable bonds is 3. The van der Waals surface area contributed by atoms with Crippen LogP contribution in [0.15, 0.2) is 24.3 Å². The summed E-state index contributed by atoms with van der Waals surface area (Å²) in [5.74, 6) is 0.592. The van der Waals surface area contributed by atoms with E-state index >= 15 is 0 Å². The van der Waals surface area contributed by atoms with Crippen LogP contribution in [0.2, 0.25) is 0 Å². The van der Waals surface area contributed by atoms with Gasteiger partial charge in [-0.1, -0.05) is 31.2 Å². The number of benzene rings is 1. The summed E-state index contributed by atoms with van der Waals surface area (Å²) in [6.45, 7) is 7.45. The van der Waals surface area contributed by atoms with Crippen molar-refractivity contribution in [3.63, 3.8) is 0 Å². The molecule has 2 N–H and O–H groups in total. The molecule has 0 spiro atoms. The van der Waals surface area contributed by atoms with Gasteiger partial charge in [-0.05, 0) is 31.4 Å². The topological polar surface area (TPSA) is 46.3 Å². The number of hydrogen-bond acceptors (Lipinski definition) is 2. The molecule has 1 saturated heterocycles. The van der Waals surface area contributed by atoms with Gasteiger partial charge < -0.3 is 10.6 Å². The zero-order valence-corrected chi connectivity index (χ0v) is 12.1. The predicted molar refractivity (Wildman–Crippen MR) is 77.9 cm³/mol. The van der Waals surface area contributed by atoms with Gasteiger partial charge in [0, 0.05) is 31.0 Å². The van der Waals surface area contributed by atoms with Crippen molar-refractivity contribution in [1.29, 1.82) is 0 Å². The fraction of sp³-hybridized carbons (Fsp3) is 0.562. The highest BCUT2D eigenvalue weighted by atomic mass is 16.2. The highest BCUT2D eigenvalue weighted by molar-refractivity contribution is 5.79. The monoisotopic (exact) mass is 260 g/mol. The minimum atomic E-state index is -0.0712. The van der Waals surface area contributed by atoms with E-state index in [1.807, 2.05) is 11.8 Å². The summed E-state index contributed by atoms with van der Waals surface area (Å²) in [4.78, 5) is 14.3. The minimum Gasteiger partial charge on any atom is -0.339 e. The van der Waals surface area contributed by atoms with Crippen molar-refractivity contribution in [2.45, 2.75) is 39.2 Å². The fourth-order valence-electron chi connectivity index (χ4n) is 2.99. The molecule has 2 rings (SSSR count). The molecule has 0 radical (unpaired) electrons. The third-order valence-electron chi connectivity index (χ3n) is 4.26. The lowest BCUT2D eigenvalue weighted by atomic mass is 9.93. The second-order valence-electron chi connectivity index (χ2n) is 5.77. The van der Waals surface area contributed by atoms with Gasteiger partial charge in [0.25, 0.3) is 0 Å². The molecule has 0 aromatic heterocycles. The molecule has 1 aliphatic rings. The number of carbonyl (C=O) groups excluding carboxylic acids is 1. The van der Waals surface area contributed by atoms with Crippen LogP contribution >= 0.6 is 0 Å². The Morgan fingerprint density at radius 1 is 1.47 bits per heavy atom. The molecule has 3 heteroatoms. The number of hydrogen-bond donors (Lipinski definition) is 1. The quantitative estimate of drug-likeness (QED) is 0.906. The Balaban J connectivity index is 2.14. The molecule has 3 nitrogen and oxygen atoms in total. The van der Waals surface area contributed by atoms with Gasteiger partial charge in [0.05, 0.1) is 0 Å². The molecule has 1 aromatic carbocycles. The number of nitrogens with two attached hydrogens (primary N) is 1. The van der Waals surface area contributed by atoms with Gasteiger partial charge in [-0.3, -0.25) is 4.79 Å². The molecule has 3 atom stereocenters. The van der Waals surface area contributed by atoms with Gasteiger partial charge >= 0.3 is 0 Å². The molecule has 104 valence electrons. The lowest BCUT2D eigenvalue weighted by Crippen LogP contribution is -2.40. The highest BCUT2D eigenvalue weighted by Gasteiger charge is 2.34. The number of nitrogens with zero attached hydrogens (tertiary/aromatic N) is 1. The van der Waals surface area contributed by atoms with Gasteiger partial charge in [0.2, 0.25) is 5.91 Å². The second kappa shape index (κ2) is 5.74. The van der Waals surface area contributed by atoms with E-state index in [-0.39, 0.29) is 11.8 Å². The van der Waals surface area contributed by atoms with Gasteiger partial charge in [-0.2, -0.15) is 0 Å². The molecule has 0 bridgehead atoms. The maximum atomic E-state index is 12.3. The standard InChI is InChI=1S/C16H24N2O/c1-11-6-4-5-7-15(11)14-8-13(3)18(10-14)16(19)12(2)9-17/h4-7,12-14H,8-10,17H2,1-3H3. The van der Waals surface area contributed by atoms with Crippen molar-refractivity contribution in [3.05, 3.63) is 35.4 Å². The van der Waals surface area contributed by atoms with Crippen LogP contribution in [-0.4, -0.2) is 29.9 Å². The highest BCUT2D eigenvalue weighted by Crippen LogP contribution is 2.33. The third kappa shape index (κ3) is 2.81. The smallest absolute Gasteiger partial charge is 0.226 e. The Bertz CT molecular complexity index is 458. The third-order valence-corrected chi connectivity index (χ3v) is 4.26. The van der Waals surface area contributed by atoms with Crippen molar-refractivity contribution >= 4 is 5.91 Å². The van der Waals surface area contributed by atoms with Gasteiger partial charge in [0.15, 0.2) is 0 Å². The summed E-state index contributed by atoms with van der Waals surface area (Å²) in [5.41, 5.74) is 8.31. The fourth-order valence-corrected chi connectivity index (χ4v) is 2.99. The van der Waals surface area contributed by atoms with Crippen molar-refractivity contribution in [3.8, 4) is 0 Å². The van der Waals surface area contributed by atoms with Crippen LogP contribution in [-0.2, 0) is 4.79 Å². The van der Waals surface area contributed by atoms with Crippen LogP contribution in [0.25, 0.3) is 0 Å². The molecule has 1 aliphatic heterocycles. The van der Waals surface area contributed by atoms with E-state index in [2.05, 4.69) is 38.1 Å². The van der Waals surface area contributed by atoms with E-state index in [0.717, 1.165) is 13.0 Å². The van der Waals surface area contributed by atoms with Gasteiger partial charge in [0.1, 0.15) is 0 Å². The van der Waals surface area contributed by atoms with Crippen LogP contribution < -0.4 is 5.73 Å². The molecule has 1 fully saturated rings. The van der Waals surface area contributed by atoms with Gasteiger partial charge in [-0.15, -0.1) is 0 Å². The van der Waals surface area contributed by atoms with Crippen molar-refractivity contribution in [2.24, 2.45) is 11.7 Å². The molecular formula is C16H24N2O. The number of aryl methyl sites for hydroxylation is 1. The molecule has 1 amide bonds. The summed E-state index contributed by atoms with van der Waals surface area (Å²) in [6, 6.07) is 8.79. The summed E-state index contributed by atoms with van der Waals surface area (Å²) >= 11 is 0. The minimum absolute atomic E-state index is 0.0712. The number of likely N-dealkylation sites (tertiary alicyclic amines) is 1. The molecule has 19 heavy (non-hydrogen) atoms. The Labute approximate surface area is 115 Å². The lowest BCUT2D eigenvalue weighted by Gasteiger charge is -2.24. The van der Waals surface area contributed by atoms with E-state index < -0.39 is 0 Å². The second-order valence-corrected chi connectivity index (χ2v) is 5.77. The first-order chi connectivity index (χ1) is 9.04. The maximum absolute atomic E-state index is 12.3. The van der Waals surface area contributed by atoms with Crippen LogP contribution in [0.5, 0.6) is 0 Å². The van der Waals surface area contributed by atoms with E-state index in [0.29, 0.717) is 18.5 Å². The van der Waals surface area contributed by atoms with E-state index in [4.69, 9.17) is 5.73 Å². The Morgan fingerprint density at radius 2 is 2.16 bits per heavy atom. The lowest BCUT2D eigenvalue weighted by molar-refractivity contribution is -0.135. The zero-order valence-electron chi connectivity index (χ0n) is 12.1. The van der Waals surface area contributed by atoms with Crippen molar-refractivity contribution < 1.29 is 4.79 Å². The predicted octanol–water partition coefficient (Wildman–Crippen LogP) is 2.29. The maximum Gasteiger partial charge on any atom is 0.226 e.